The predicted octanol–water partition coefficient (Wildman–Crippen LogP) is 3.55. The van der Waals surface area contributed by atoms with Gasteiger partial charge in [0.05, 0.1) is 25.9 Å². The van der Waals surface area contributed by atoms with E-state index in [-0.39, 0.29) is 17.8 Å². The minimum Gasteiger partial charge on any atom is -0.497 e. The van der Waals surface area contributed by atoms with Gasteiger partial charge in [-0.2, -0.15) is 0 Å². The summed E-state index contributed by atoms with van der Waals surface area (Å²) in [5, 5.41) is 0.761. The third-order valence-corrected chi connectivity index (χ3v) is 6.47. The molecule has 186 valence electrons. The number of piperazine rings is 1. The Morgan fingerprint density at radius 2 is 1.91 bits per heavy atom. The Kier molecular flexibility index (Phi) is 8.50. The number of para-hydroxylation sites is 1. The number of carbonyl (C=O) groups is 1. The molecule has 2 heterocycles. The Hall–Kier alpha value is -3.23. The molecule has 0 amide bonds. The second-order valence-corrected chi connectivity index (χ2v) is 8.61. The molecular formula is C27H32FN3O4. The maximum atomic E-state index is 14.7. The first-order valence-corrected chi connectivity index (χ1v) is 11.9. The molecule has 0 aliphatic carbocycles. The molecule has 0 spiro atoms. The van der Waals surface area contributed by atoms with Crippen molar-refractivity contribution >= 4 is 16.9 Å². The minimum atomic E-state index is -0.357. The van der Waals surface area contributed by atoms with Gasteiger partial charge < -0.3 is 14.2 Å². The number of nitrogens with zero attached hydrogens (tertiary/aromatic N) is 3. The zero-order chi connectivity index (χ0) is 24.6. The van der Waals surface area contributed by atoms with E-state index in [4.69, 9.17) is 14.2 Å². The summed E-state index contributed by atoms with van der Waals surface area (Å²) in [7, 11) is 3.01. The zero-order valence-corrected chi connectivity index (χ0v) is 20.3. The van der Waals surface area contributed by atoms with Crippen molar-refractivity contribution in [3.05, 3.63) is 66.1 Å². The topological polar surface area (TPSA) is 64.1 Å². The summed E-state index contributed by atoms with van der Waals surface area (Å²) in [5.41, 5.74) is 1.36. The van der Waals surface area contributed by atoms with Crippen molar-refractivity contribution < 1.29 is 23.4 Å². The van der Waals surface area contributed by atoms with Crippen molar-refractivity contribution in [2.45, 2.75) is 18.9 Å². The van der Waals surface area contributed by atoms with Crippen LogP contribution in [0.5, 0.6) is 11.5 Å². The fourth-order valence-electron chi connectivity index (χ4n) is 4.56. The highest BCUT2D eigenvalue weighted by Crippen LogP contribution is 2.26. The SMILES string of the molecule is COC(=O)[C@H]1CN(CCOc2ccccc2)CCN1CCCc1c(F)cnc2ccc(OC)cc12. The maximum Gasteiger partial charge on any atom is 0.324 e. The highest BCUT2D eigenvalue weighted by atomic mass is 19.1. The monoisotopic (exact) mass is 481 g/mol. The number of methoxy groups -OCH3 is 2. The Balaban J connectivity index is 1.35. The Morgan fingerprint density at radius 1 is 1.09 bits per heavy atom. The van der Waals surface area contributed by atoms with E-state index in [2.05, 4.69) is 14.8 Å². The molecule has 0 N–H and O–H groups in total. The number of carbonyl (C=O) groups excluding carboxylic acids is 1. The summed E-state index contributed by atoms with van der Waals surface area (Å²) in [5.74, 6) is 0.941. The number of hydrogen-bond acceptors (Lipinski definition) is 7. The molecule has 4 rings (SSSR count). The number of fused-ring (bicyclic) bond motifs is 1. The molecule has 35 heavy (non-hydrogen) atoms. The van der Waals surface area contributed by atoms with E-state index in [1.807, 2.05) is 48.5 Å². The predicted molar refractivity (Wildman–Crippen MR) is 132 cm³/mol. The molecule has 1 aromatic heterocycles. The van der Waals surface area contributed by atoms with Crippen molar-refractivity contribution in [3.63, 3.8) is 0 Å². The van der Waals surface area contributed by atoms with Crippen molar-refractivity contribution in [3.8, 4) is 11.5 Å². The number of esters is 1. The second kappa shape index (κ2) is 12.0. The van der Waals surface area contributed by atoms with Crippen molar-refractivity contribution in [1.29, 1.82) is 0 Å². The highest BCUT2D eigenvalue weighted by molar-refractivity contribution is 5.83. The largest absolute Gasteiger partial charge is 0.497 e. The van der Waals surface area contributed by atoms with Gasteiger partial charge in [0.2, 0.25) is 0 Å². The summed E-state index contributed by atoms with van der Waals surface area (Å²) < 4.78 is 30.9. The molecule has 3 aromatic rings. The molecule has 0 unspecified atom stereocenters. The summed E-state index contributed by atoms with van der Waals surface area (Å²) in [6.07, 6.45) is 2.52. The van der Waals surface area contributed by atoms with Gasteiger partial charge in [0, 0.05) is 31.6 Å². The third-order valence-electron chi connectivity index (χ3n) is 6.47. The molecule has 0 saturated carbocycles. The number of benzene rings is 2. The highest BCUT2D eigenvalue weighted by Gasteiger charge is 2.32. The molecular weight excluding hydrogens is 449 g/mol. The van der Waals surface area contributed by atoms with E-state index in [1.54, 1.807) is 7.11 Å². The van der Waals surface area contributed by atoms with E-state index < -0.39 is 0 Å². The molecule has 1 atom stereocenters. The zero-order valence-electron chi connectivity index (χ0n) is 20.3. The van der Waals surface area contributed by atoms with Crippen molar-refractivity contribution in [2.75, 3.05) is 53.6 Å². The Bertz CT molecular complexity index is 1130. The van der Waals surface area contributed by atoms with Crippen LogP contribution in [0.2, 0.25) is 0 Å². The van der Waals surface area contributed by atoms with Crippen LogP contribution in [0.4, 0.5) is 4.39 Å². The summed E-state index contributed by atoms with van der Waals surface area (Å²) in [4.78, 5) is 21.1. The van der Waals surface area contributed by atoms with Gasteiger partial charge in [0.15, 0.2) is 0 Å². The van der Waals surface area contributed by atoms with Gasteiger partial charge in [-0.15, -0.1) is 0 Å². The standard InChI is InChI=1S/C27H32FN3O4/c1-33-21-10-11-25-23(17-21)22(24(28)18-29-25)9-6-12-31-14-13-30(19-26(31)27(32)34-2)15-16-35-20-7-4-3-5-8-20/h3-5,7-8,10-11,17-18,26H,6,9,12-16,19H2,1-2H3/t26-/m1/s1. The van der Waals surface area contributed by atoms with Gasteiger partial charge >= 0.3 is 5.97 Å². The quantitative estimate of drug-likeness (QED) is 0.411. The van der Waals surface area contributed by atoms with E-state index in [0.29, 0.717) is 43.9 Å². The molecule has 1 fully saturated rings. The lowest BCUT2D eigenvalue weighted by Crippen LogP contribution is -2.57. The first-order chi connectivity index (χ1) is 17.1. The van der Waals surface area contributed by atoms with Crippen LogP contribution in [0, 0.1) is 5.82 Å². The molecule has 1 aliphatic rings. The van der Waals surface area contributed by atoms with E-state index in [1.165, 1.54) is 13.3 Å². The summed E-state index contributed by atoms with van der Waals surface area (Å²) >= 11 is 0. The number of halogens is 1. The van der Waals surface area contributed by atoms with Gasteiger partial charge in [-0.25, -0.2) is 4.39 Å². The molecule has 8 heteroatoms. The fraction of sp³-hybridized carbons (Fsp3) is 0.407. The first kappa shape index (κ1) is 24.9. The molecule has 7 nitrogen and oxygen atoms in total. The van der Waals surface area contributed by atoms with Gasteiger partial charge in [-0.05, 0) is 55.3 Å². The number of ether oxygens (including phenoxy) is 3. The van der Waals surface area contributed by atoms with Gasteiger partial charge in [0.25, 0.3) is 0 Å². The van der Waals surface area contributed by atoms with Crippen LogP contribution < -0.4 is 9.47 Å². The average molecular weight is 482 g/mol. The van der Waals surface area contributed by atoms with E-state index >= 15 is 0 Å². The molecule has 0 bridgehead atoms. The Labute approximate surface area is 205 Å². The van der Waals surface area contributed by atoms with Crippen molar-refractivity contribution in [2.24, 2.45) is 0 Å². The molecule has 2 aromatic carbocycles. The third kappa shape index (κ3) is 6.26. The second-order valence-electron chi connectivity index (χ2n) is 8.61. The van der Waals surface area contributed by atoms with Crippen LogP contribution in [0.15, 0.2) is 54.7 Å². The number of rotatable bonds is 10. The van der Waals surface area contributed by atoms with Crippen LogP contribution in [0.1, 0.15) is 12.0 Å². The van der Waals surface area contributed by atoms with Crippen LogP contribution in [-0.2, 0) is 16.0 Å². The van der Waals surface area contributed by atoms with Crippen LogP contribution in [-0.4, -0.2) is 80.3 Å². The van der Waals surface area contributed by atoms with Gasteiger partial charge in [0.1, 0.15) is 30.0 Å². The van der Waals surface area contributed by atoms with Gasteiger partial charge in [-0.3, -0.25) is 19.6 Å². The summed E-state index contributed by atoms with van der Waals surface area (Å²) in [6.45, 7) is 4.09. The number of aryl methyl sites for hydroxylation is 1. The van der Waals surface area contributed by atoms with Crippen molar-refractivity contribution in [1.82, 2.24) is 14.8 Å². The lowest BCUT2D eigenvalue weighted by atomic mass is 10.0. The number of hydrogen-bond donors (Lipinski definition) is 0. The van der Waals surface area contributed by atoms with Crippen LogP contribution in [0.25, 0.3) is 10.9 Å². The first-order valence-electron chi connectivity index (χ1n) is 11.9. The van der Waals surface area contributed by atoms with Crippen LogP contribution >= 0.6 is 0 Å². The Morgan fingerprint density at radius 3 is 2.69 bits per heavy atom. The normalized spacial score (nSPS) is 16.8. The molecule has 1 aliphatic heterocycles. The molecule has 0 radical (unpaired) electrons. The molecule has 1 saturated heterocycles. The van der Waals surface area contributed by atoms with E-state index in [0.717, 1.165) is 36.3 Å². The lowest BCUT2D eigenvalue weighted by molar-refractivity contribution is -0.149. The number of pyridine rings is 1. The minimum absolute atomic E-state index is 0.246. The van der Waals surface area contributed by atoms with Crippen LogP contribution in [0.3, 0.4) is 0 Å². The van der Waals surface area contributed by atoms with E-state index in [9.17, 15) is 9.18 Å². The summed E-state index contributed by atoms with van der Waals surface area (Å²) in [6, 6.07) is 14.8. The average Bonchev–Trinajstić information content (AvgIpc) is 2.90. The lowest BCUT2D eigenvalue weighted by Gasteiger charge is -2.39. The number of aromatic nitrogens is 1. The van der Waals surface area contributed by atoms with Gasteiger partial charge in [-0.1, -0.05) is 18.2 Å². The maximum absolute atomic E-state index is 14.7. The smallest absolute Gasteiger partial charge is 0.324 e. The fourth-order valence-corrected chi connectivity index (χ4v) is 4.56.